The molecule has 1 heterocycles. The SMILES string of the molecule is COCCCn1ccnc1C. The molecule has 0 bridgehead atoms. The van der Waals surface area contributed by atoms with Crippen molar-refractivity contribution in [2.75, 3.05) is 13.7 Å². The second-order valence-electron chi connectivity index (χ2n) is 2.51. The molecule has 0 atom stereocenters. The van der Waals surface area contributed by atoms with Crippen molar-refractivity contribution in [3.8, 4) is 0 Å². The fourth-order valence-corrected chi connectivity index (χ4v) is 1.02. The largest absolute Gasteiger partial charge is 0.385 e. The van der Waals surface area contributed by atoms with Crippen molar-refractivity contribution in [1.82, 2.24) is 9.55 Å². The van der Waals surface area contributed by atoms with Crippen LogP contribution in [0.3, 0.4) is 0 Å². The van der Waals surface area contributed by atoms with Crippen LogP contribution in [-0.2, 0) is 11.3 Å². The molecular formula is C8H14N2O. The molecule has 1 rings (SSSR count). The highest BCUT2D eigenvalue weighted by molar-refractivity contribution is 4.87. The molecule has 0 unspecified atom stereocenters. The topological polar surface area (TPSA) is 27.1 Å². The minimum atomic E-state index is 0.817. The van der Waals surface area contributed by atoms with Gasteiger partial charge >= 0.3 is 0 Å². The predicted molar refractivity (Wildman–Crippen MR) is 43.5 cm³/mol. The second-order valence-corrected chi connectivity index (χ2v) is 2.51. The molecule has 0 aliphatic heterocycles. The Bertz CT molecular complexity index is 208. The number of imidazole rings is 1. The minimum absolute atomic E-state index is 0.817. The number of methoxy groups -OCH3 is 1. The maximum atomic E-state index is 4.95. The molecule has 1 aromatic rings. The average molecular weight is 154 g/mol. The Morgan fingerprint density at radius 2 is 2.45 bits per heavy atom. The summed E-state index contributed by atoms with van der Waals surface area (Å²) in [5.74, 6) is 1.07. The van der Waals surface area contributed by atoms with E-state index in [1.165, 1.54) is 0 Å². The third-order valence-electron chi connectivity index (χ3n) is 1.67. The number of aryl methyl sites for hydroxylation is 2. The van der Waals surface area contributed by atoms with Gasteiger partial charge in [0.15, 0.2) is 0 Å². The monoisotopic (exact) mass is 154 g/mol. The summed E-state index contributed by atoms with van der Waals surface area (Å²) in [5.41, 5.74) is 0. The first-order valence-electron chi connectivity index (χ1n) is 3.81. The van der Waals surface area contributed by atoms with Gasteiger partial charge in [0.25, 0.3) is 0 Å². The van der Waals surface area contributed by atoms with E-state index in [1.807, 2.05) is 19.3 Å². The van der Waals surface area contributed by atoms with Gasteiger partial charge in [0.05, 0.1) is 0 Å². The summed E-state index contributed by atoms with van der Waals surface area (Å²) < 4.78 is 7.07. The van der Waals surface area contributed by atoms with Crippen LogP contribution in [-0.4, -0.2) is 23.3 Å². The first-order chi connectivity index (χ1) is 5.34. The molecule has 1 aromatic heterocycles. The first-order valence-corrected chi connectivity index (χ1v) is 3.81. The molecule has 0 spiro atoms. The van der Waals surface area contributed by atoms with E-state index in [0.717, 1.165) is 25.4 Å². The van der Waals surface area contributed by atoms with E-state index in [4.69, 9.17) is 4.74 Å². The molecule has 0 N–H and O–H groups in total. The zero-order valence-corrected chi connectivity index (χ0v) is 7.08. The van der Waals surface area contributed by atoms with Gasteiger partial charge in [-0.25, -0.2) is 4.98 Å². The summed E-state index contributed by atoms with van der Waals surface area (Å²) in [6.45, 7) is 3.82. The molecule has 0 fully saturated rings. The Hall–Kier alpha value is -0.830. The van der Waals surface area contributed by atoms with Crippen molar-refractivity contribution in [2.24, 2.45) is 0 Å². The number of hydrogen-bond donors (Lipinski definition) is 0. The van der Waals surface area contributed by atoms with Crippen LogP contribution in [0.25, 0.3) is 0 Å². The van der Waals surface area contributed by atoms with Gasteiger partial charge < -0.3 is 9.30 Å². The maximum Gasteiger partial charge on any atom is 0.105 e. The Morgan fingerprint density at radius 1 is 1.64 bits per heavy atom. The van der Waals surface area contributed by atoms with Gasteiger partial charge in [-0.15, -0.1) is 0 Å². The molecule has 0 aliphatic carbocycles. The van der Waals surface area contributed by atoms with Gasteiger partial charge in [-0.1, -0.05) is 0 Å². The van der Waals surface area contributed by atoms with Crippen LogP contribution < -0.4 is 0 Å². The van der Waals surface area contributed by atoms with Gasteiger partial charge in [-0.3, -0.25) is 0 Å². The lowest BCUT2D eigenvalue weighted by Crippen LogP contribution is -2.01. The Labute approximate surface area is 67.0 Å². The van der Waals surface area contributed by atoms with E-state index in [0.29, 0.717) is 0 Å². The van der Waals surface area contributed by atoms with Crippen molar-refractivity contribution in [2.45, 2.75) is 19.9 Å². The smallest absolute Gasteiger partial charge is 0.105 e. The Kier molecular flexibility index (Phi) is 3.11. The third-order valence-corrected chi connectivity index (χ3v) is 1.67. The van der Waals surface area contributed by atoms with Gasteiger partial charge in [0.1, 0.15) is 5.82 Å². The fourth-order valence-electron chi connectivity index (χ4n) is 1.02. The average Bonchev–Trinajstić information content (AvgIpc) is 2.37. The van der Waals surface area contributed by atoms with Crippen molar-refractivity contribution < 1.29 is 4.74 Å². The van der Waals surface area contributed by atoms with Gasteiger partial charge in [0, 0.05) is 32.7 Å². The van der Waals surface area contributed by atoms with Crippen LogP contribution in [0.4, 0.5) is 0 Å². The number of nitrogens with zero attached hydrogens (tertiary/aromatic N) is 2. The second kappa shape index (κ2) is 4.13. The summed E-state index contributed by atoms with van der Waals surface area (Å²) in [4.78, 5) is 4.12. The number of ether oxygens (including phenoxy) is 1. The summed E-state index contributed by atoms with van der Waals surface area (Å²) in [5, 5.41) is 0. The molecule has 62 valence electrons. The van der Waals surface area contributed by atoms with Gasteiger partial charge in [-0.05, 0) is 13.3 Å². The minimum Gasteiger partial charge on any atom is -0.385 e. The summed E-state index contributed by atoms with van der Waals surface area (Å²) in [7, 11) is 1.72. The van der Waals surface area contributed by atoms with Crippen LogP contribution in [0.1, 0.15) is 12.2 Å². The lowest BCUT2D eigenvalue weighted by atomic mass is 10.4. The standard InChI is InChI=1S/C8H14N2O/c1-8-9-4-6-10(8)5-3-7-11-2/h4,6H,3,5,7H2,1-2H3. The van der Waals surface area contributed by atoms with Gasteiger partial charge in [-0.2, -0.15) is 0 Å². The van der Waals surface area contributed by atoms with Crippen LogP contribution in [0, 0.1) is 6.92 Å². The number of hydrogen-bond acceptors (Lipinski definition) is 2. The molecule has 0 amide bonds. The molecule has 0 aromatic carbocycles. The lowest BCUT2D eigenvalue weighted by molar-refractivity contribution is 0.190. The molecule has 3 nitrogen and oxygen atoms in total. The van der Waals surface area contributed by atoms with Crippen molar-refractivity contribution in [1.29, 1.82) is 0 Å². The molecule has 0 saturated heterocycles. The van der Waals surface area contributed by atoms with Crippen LogP contribution >= 0.6 is 0 Å². The van der Waals surface area contributed by atoms with Crippen molar-refractivity contribution in [3.63, 3.8) is 0 Å². The first kappa shape index (κ1) is 8.27. The van der Waals surface area contributed by atoms with E-state index < -0.39 is 0 Å². The van der Waals surface area contributed by atoms with Crippen LogP contribution in [0.2, 0.25) is 0 Å². The summed E-state index contributed by atoms with van der Waals surface area (Å²) in [6.07, 6.45) is 4.86. The zero-order chi connectivity index (χ0) is 8.10. The van der Waals surface area contributed by atoms with E-state index in [2.05, 4.69) is 9.55 Å². The quantitative estimate of drug-likeness (QED) is 0.610. The van der Waals surface area contributed by atoms with E-state index in [-0.39, 0.29) is 0 Å². The van der Waals surface area contributed by atoms with E-state index >= 15 is 0 Å². The molecular weight excluding hydrogens is 140 g/mol. The predicted octanol–water partition coefficient (Wildman–Crippen LogP) is 1.23. The molecule has 11 heavy (non-hydrogen) atoms. The molecule has 0 saturated carbocycles. The Balaban J connectivity index is 2.32. The van der Waals surface area contributed by atoms with Crippen molar-refractivity contribution in [3.05, 3.63) is 18.2 Å². The highest BCUT2D eigenvalue weighted by atomic mass is 16.5. The van der Waals surface area contributed by atoms with Gasteiger partial charge in [0.2, 0.25) is 0 Å². The van der Waals surface area contributed by atoms with Crippen LogP contribution in [0.5, 0.6) is 0 Å². The number of rotatable bonds is 4. The highest BCUT2D eigenvalue weighted by Gasteiger charge is 1.94. The third kappa shape index (κ3) is 2.35. The van der Waals surface area contributed by atoms with Crippen LogP contribution in [0.15, 0.2) is 12.4 Å². The lowest BCUT2D eigenvalue weighted by Gasteiger charge is -2.02. The number of aromatic nitrogens is 2. The normalized spacial score (nSPS) is 10.4. The highest BCUT2D eigenvalue weighted by Crippen LogP contribution is 1.96. The zero-order valence-electron chi connectivity index (χ0n) is 7.08. The van der Waals surface area contributed by atoms with Crippen molar-refractivity contribution >= 4 is 0 Å². The molecule has 0 aliphatic rings. The summed E-state index contributed by atoms with van der Waals surface area (Å²) >= 11 is 0. The molecule has 3 heteroatoms. The fraction of sp³-hybridized carbons (Fsp3) is 0.625. The Morgan fingerprint density at radius 3 is 3.00 bits per heavy atom. The van der Waals surface area contributed by atoms with E-state index in [1.54, 1.807) is 7.11 Å². The molecule has 0 radical (unpaired) electrons. The maximum absolute atomic E-state index is 4.95. The summed E-state index contributed by atoms with van der Waals surface area (Å²) in [6, 6.07) is 0. The van der Waals surface area contributed by atoms with E-state index in [9.17, 15) is 0 Å².